The van der Waals surface area contributed by atoms with Crippen molar-refractivity contribution in [1.82, 2.24) is 0 Å². The molecule has 31 heavy (non-hydrogen) atoms. The minimum Gasteiger partial charge on any atom is -0.478 e. The maximum atomic E-state index is 12.5. The van der Waals surface area contributed by atoms with Crippen LogP contribution in [0.15, 0.2) is 65.6 Å². The Kier molecular flexibility index (Phi) is 8.83. The summed E-state index contributed by atoms with van der Waals surface area (Å²) in [6, 6.07) is 13.3. The number of benzene rings is 2. The molecule has 0 aliphatic carbocycles. The fraction of sp³-hybridized carbons (Fsp3) is 0.182. The Morgan fingerprint density at radius 2 is 1.74 bits per heavy atom. The van der Waals surface area contributed by atoms with Gasteiger partial charge in [-0.1, -0.05) is 6.07 Å². The van der Waals surface area contributed by atoms with Crippen LogP contribution >= 0.6 is 11.8 Å². The van der Waals surface area contributed by atoms with Gasteiger partial charge in [-0.05, 0) is 56.3 Å². The van der Waals surface area contributed by atoms with Crippen molar-refractivity contribution in [3.63, 3.8) is 0 Å². The minimum absolute atomic E-state index is 0.229. The lowest BCUT2D eigenvalue weighted by molar-refractivity contribution is -0.131. The van der Waals surface area contributed by atoms with Crippen molar-refractivity contribution < 1.29 is 29.0 Å². The summed E-state index contributed by atoms with van der Waals surface area (Å²) in [5, 5.41) is 13.5. The Labute approximate surface area is 183 Å². The highest BCUT2D eigenvalue weighted by Gasteiger charge is 2.15. The van der Waals surface area contributed by atoms with E-state index in [0.29, 0.717) is 16.9 Å². The van der Waals surface area contributed by atoms with Crippen LogP contribution in [0.4, 0.5) is 11.4 Å². The number of nitrogens with one attached hydrogen (secondary N) is 2. The number of carboxylic acids is 1. The topological polar surface area (TPSA) is 122 Å². The second-order valence-corrected chi connectivity index (χ2v) is 7.65. The number of anilines is 2. The van der Waals surface area contributed by atoms with Gasteiger partial charge in [-0.25, -0.2) is 9.59 Å². The lowest BCUT2D eigenvalue weighted by Gasteiger charge is -2.13. The van der Waals surface area contributed by atoms with Crippen LogP contribution in [0.1, 0.15) is 24.2 Å². The van der Waals surface area contributed by atoms with Gasteiger partial charge in [0.2, 0.25) is 11.8 Å². The third kappa shape index (κ3) is 7.98. The maximum absolute atomic E-state index is 12.5. The smallest absolute Gasteiger partial charge is 0.338 e. The van der Waals surface area contributed by atoms with E-state index in [1.54, 1.807) is 62.4 Å². The van der Waals surface area contributed by atoms with Crippen molar-refractivity contribution in [1.29, 1.82) is 0 Å². The number of rotatable bonds is 9. The molecule has 0 heterocycles. The van der Waals surface area contributed by atoms with Crippen LogP contribution in [0.25, 0.3) is 0 Å². The molecule has 2 aromatic rings. The Morgan fingerprint density at radius 3 is 2.39 bits per heavy atom. The van der Waals surface area contributed by atoms with E-state index in [4.69, 9.17) is 9.84 Å². The summed E-state index contributed by atoms with van der Waals surface area (Å²) in [5.74, 6) is -2.43. The molecule has 2 amide bonds. The Morgan fingerprint density at radius 1 is 1.03 bits per heavy atom. The van der Waals surface area contributed by atoms with Gasteiger partial charge in [0.1, 0.15) is 0 Å². The van der Waals surface area contributed by atoms with E-state index >= 15 is 0 Å². The Balaban J connectivity index is 1.94. The molecule has 0 saturated heterocycles. The number of amides is 2. The van der Waals surface area contributed by atoms with Crippen molar-refractivity contribution in [3.8, 4) is 0 Å². The average Bonchev–Trinajstić information content (AvgIpc) is 2.73. The summed E-state index contributed by atoms with van der Waals surface area (Å²) in [4.78, 5) is 47.1. The Hall–Kier alpha value is -3.59. The van der Waals surface area contributed by atoms with E-state index in [9.17, 15) is 19.2 Å². The fourth-order valence-corrected chi connectivity index (χ4v) is 3.31. The van der Waals surface area contributed by atoms with Gasteiger partial charge in [0.05, 0.1) is 17.4 Å². The van der Waals surface area contributed by atoms with Crippen molar-refractivity contribution in [2.75, 3.05) is 17.2 Å². The molecule has 162 valence electrons. The van der Waals surface area contributed by atoms with Crippen LogP contribution in [0.3, 0.4) is 0 Å². The number of aliphatic carboxylic acids is 1. The van der Waals surface area contributed by atoms with Crippen LogP contribution in [-0.4, -0.2) is 40.7 Å². The summed E-state index contributed by atoms with van der Waals surface area (Å²) >= 11 is 1.30. The zero-order valence-corrected chi connectivity index (χ0v) is 17.8. The van der Waals surface area contributed by atoms with Gasteiger partial charge in [0.25, 0.3) is 0 Å². The first-order valence-electron chi connectivity index (χ1n) is 9.35. The normalized spacial score (nSPS) is 11.5. The van der Waals surface area contributed by atoms with Crippen LogP contribution in [0, 0.1) is 0 Å². The third-order valence-electron chi connectivity index (χ3n) is 3.82. The number of thioether (sulfide) groups is 1. The summed E-state index contributed by atoms with van der Waals surface area (Å²) in [6.07, 6.45) is 1.67. The zero-order chi connectivity index (χ0) is 22.8. The number of hydrogen-bond acceptors (Lipinski definition) is 6. The van der Waals surface area contributed by atoms with Crippen molar-refractivity contribution in [3.05, 3.63) is 66.2 Å². The number of hydrogen-bond donors (Lipinski definition) is 3. The summed E-state index contributed by atoms with van der Waals surface area (Å²) < 4.78 is 4.93. The number of carbonyl (C=O) groups is 4. The van der Waals surface area contributed by atoms with Gasteiger partial charge in [-0.15, -0.1) is 11.8 Å². The maximum Gasteiger partial charge on any atom is 0.338 e. The highest BCUT2D eigenvalue weighted by atomic mass is 32.2. The van der Waals surface area contributed by atoms with Crippen LogP contribution < -0.4 is 10.6 Å². The monoisotopic (exact) mass is 442 g/mol. The molecule has 2 aromatic carbocycles. The molecule has 2 rings (SSSR count). The Bertz CT molecular complexity index is 988. The van der Waals surface area contributed by atoms with Crippen molar-refractivity contribution in [2.24, 2.45) is 0 Å². The van der Waals surface area contributed by atoms with Crippen molar-refractivity contribution >= 4 is 46.9 Å². The quantitative estimate of drug-likeness (QED) is 0.308. The first-order chi connectivity index (χ1) is 14.8. The second kappa shape index (κ2) is 11.6. The van der Waals surface area contributed by atoms with Gasteiger partial charge in [-0.3, -0.25) is 9.59 Å². The molecule has 0 aliphatic heterocycles. The van der Waals surface area contributed by atoms with Crippen LogP contribution in [0.5, 0.6) is 0 Å². The molecule has 3 N–H and O–H groups in total. The van der Waals surface area contributed by atoms with E-state index in [1.165, 1.54) is 11.8 Å². The first-order valence-corrected chi connectivity index (χ1v) is 10.2. The molecule has 1 atom stereocenters. The molecule has 0 aromatic heterocycles. The van der Waals surface area contributed by atoms with Gasteiger partial charge in [0, 0.05) is 28.4 Å². The van der Waals surface area contributed by atoms with E-state index in [2.05, 4.69) is 10.6 Å². The SMILES string of the molecule is CCOC(=O)c1ccc(NC(=O)C(C)Sc2cccc(NC(=O)/C=C/C(=O)O)c2)cc1. The molecule has 0 spiro atoms. The predicted molar refractivity (Wildman–Crippen MR) is 118 cm³/mol. The molecular weight excluding hydrogens is 420 g/mol. The zero-order valence-electron chi connectivity index (χ0n) is 17.0. The van der Waals surface area contributed by atoms with E-state index in [1.807, 2.05) is 0 Å². The molecule has 1 unspecified atom stereocenters. The number of carbonyl (C=O) groups excluding carboxylic acids is 3. The minimum atomic E-state index is -1.21. The second-order valence-electron chi connectivity index (χ2n) is 6.24. The van der Waals surface area contributed by atoms with E-state index in [0.717, 1.165) is 17.0 Å². The molecule has 0 aliphatic rings. The van der Waals surface area contributed by atoms with Crippen LogP contribution in [-0.2, 0) is 19.1 Å². The molecule has 9 heteroatoms. The van der Waals surface area contributed by atoms with Gasteiger partial charge in [-0.2, -0.15) is 0 Å². The summed E-state index contributed by atoms with van der Waals surface area (Å²) in [6.45, 7) is 3.76. The van der Waals surface area contributed by atoms with Gasteiger partial charge < -0.3 is 20.5 Å². The highest BCUT2D eigenvalue weighted by molar-refractivity contribution is 8.00. The van der Waals surface area contributed by atoms with E-state index in [-0.39, 0.29) is 12.5 Å². The molecular formula is C22H22N2O6S. The predicted octanol–water partition coefficient (Wildman–Crippen LogP) is 3.56. The lowest BCUT2D eigenvalue weighted by Crippen LogP contribution is -2.22. The molecule has 0 fully saturated rings. The molecule has 0 saturated carbocycles. The van der Waals surface area contributed by atoms with Gasteiger partial charge >= 0.3 is 11.9 Å². The van der Waals surface area contributed by atoms with Crippen LogP contribution in [0.2, 0.25) is 0 Å². The standard InChI is InChI=1S/C22H22N2O6S/c1-3-30-22(29)15-7-9-16(10-8-15)24-21(28)14(2)31-18-6-4-5-17(13-18)23-19(25)11-12-20(26)27/h4-14H,3H2,1-2H3,(H,23,25)(H,24,28)(H,26,27)/b12-11+. The summed E-state index contributed by atoms with van der Waals surface area (Å²) in [5.41, 5.74) is 1.43. The molecule has 0 radical (unpaired) electrons. The van der Waals surface area contributed by atoms with Crippen molar-refractivity contribution in [2.45, 2.75) is 24.0 Å². The molecule has 8 nitrogen and oxygen atoms in total. The highest BCUT2D eigenvalue weighted by Crippen LogP contribution is 2.26. The third-order valence-corrected chi connectivity index (χ3v) is 4.92. The number of ether oxygens (including phenoxy) is 1. The average molecular weight is 442 g/mol. The summed E-state index contributed by atoms with van der Waals surface area (Å²) in [7, 11) is 0. The first kappa shape index (κ1) is 23.7. The van der Waals surface area contributed by atoms with Gasteiger partial charge in [0.15, 0.2) is 0 Å². The largest absolute Gasteiger partial charge is 0.478 e. The van der Waals surface area contributed by atoms with E-state index < -0.39 is 23.1 Å². The number of esters is 1. The molecule has 0 bridgehead atoms. The fourth-order valence-electron chi connectivity index (χ4n) is 2.38. The lowest BCUT2D eigenvalue weighted by atomic mass is 10.2. The number of carboxylic acid groups (broad SMARTS) is 1.